The Labute approximate surface area is 124 Å². The van der Waals surface area contributed by atoms with Gasteiger partial charge < -0.3 is 15.2 Å². The molecule has 1 amide bonds. The summed E-state index contributed by atoms with van der Waals surface area (Å²) in [7, 11) is 0. The van der Waals surface area contributed by atoms with Gasteiger partial charge in [-0.3, -0.25) is 9.59 Å². The van der Waals surface area contributed by atoms with Crippen molar-refractivity contribution >= 4 is 11.9 Å². The quantitative estimate of drug-likeness (QED) is 0.843. The van der Waals surface area contributed by atoms with E-state index in [0.29, 0.717) is 12.8 Å². The molecule has 0 radical (unpaired) electrons. The number of carboxylic acids is 1. The van der Waals surface area contributed by atoms with Crippen LogP contribution in [0, 0.1) is 0 Å². The minimum atomic E-state index is -0.865. The van der Waals surface area contributed by atoms with Crippen LogP contribution < -0.4 is 5.32 Å². The van der Waals surface area contributed by atoms with Gasteiger partial charge in [-0.25, -0.2) is 0 Å². The summed E-state index contributed by atoms with van der Waals surface area (Å²) in [6.45, 7) is 1.95. The third-order valence-electron chi connectivity index (χ3n) is 3.69. The van der Waals surface area contributed by atoms with Crippen LogP contribution in [-0.2, 0) is 14.3 Å². The Morgan fingerprint density at radius 2 is 2.05 bits per heavy atom. The Kier molecular flexibility index (Phi) is 5.33. The summed E-state index contributed by atoms with van der Waals surface area (Å²) < 4.78 is 5.56. The normalized spacial score (nSPS) is 22.7. The predicted molar refractivity (Wildman–Crippen MR) is 77.8 cm³/mol. The number of carbonyl (C=O) groups excluding carboxylic acids is 1. The van der Waals surface area contributed by atoms with Gasteiger partial charge in [-0.2, -0.15) is 0 Å². The first-order valence-electron chi connectivity index (χ1n) is 7.29. The number of nitrogens with one attached hydrogen (secondary N) is 1. The zero-order valence-electron chi connectivity index (χ0n) is 12.1. The van der Waals surface area contributed by atoms with Crippen molar-refractivity contribution in [2.24, 2.45) is 0 Å². The molecule has 0 unspecified atom stereocenters. The molecule has 0 spiro atoms. The molecule has 21 heavy (non-hydrogen) atoms. The zero-order chi connectivity index (χ0) is 15.2. The van der Waals surface area contributed by atoms with Crippen LogP contribution in [0.25, 0.3) is 0 Å². The average molecular weight is 291 g/mol. The summed E-state index contributed by atoms with van der Waals surface area (Å²) in [5, 5.41) is 11.8. The van der Waals surface area contributed by atoms with Gasteiger partial charge in [0.15, 0.2) is 0 Å². The number of carbonyl (C=O) groups is 2. The second kappa shape index (κ2) is 7.22. The minimum Gasteiger partial charge on any atom is -0.481 e. The van der Waals surface area contributed by atoms with E-state index < -0.39 is 12.1 Å². The van der Waals surface area contributed by atoms with Crippen molar-refractivity contribution in [1.29, 1.82) is 0 Å². The Hall–Kier alpha value is -1.88. The fourth-order valence-corrected chi connectivity index (χ4v) is 2.54. The van der Waals surface area contributed by atoms with Crippen LogP contribution in [0.1, 0.15) is 44.2 Å². The number of ether oxygens (including phenoxy) is 1. The Balaban J connectivity index is 2.01. The molecule has 3 atom stereocenters. The van der Waals surface area contributed by atoms with Gasteiger partial charge >= 0.3 is 5.97 Å². The van der Waals surface area contributed by atoms with Gasteiger partial charge in [0.25, 0.3) is 0 Å². The van der Waals surface area contributed by atoms with Crippen LogP contribution in [-0.4, -0.2) is 29.2 Å². The van der Waals surface area contributed by atoms with Crippen LogP contribution in [0.4, 0.5) is 0 Å². The molecule has 1 aliphatic rings. The van der Waals surface area contributed by atoms with E-state index in [0.717, 1.165) is 12.0 Å². The van der Waals surface area contributed by atoms with Gasteiger partial charge in [-0.15, -0.1) is 0 Å². The highest BCUT2D eigenvalue weighted by Gasteiger charge is 2.29. The van der Waals surface area contributed by atoms with Gasteiger partial charge in [-0.05, 0) is 31.7 Å². The Bertz CT molecular complexity index is 488. The third-order valence-corrected chi connectivity index (χ3v) is 3.69. The molecule has 5 nitrogen and oxygen atoms in total. The molecule has 1 aliphatic heterocycles. The van der Waals surface area contributed by atoms with Crippen molar-refractivity contribution in [2.75, 3.05) is 0 Å². The maximum atomic E-state index is 12.2. The number of amides is 1. The van der Waals surface area contributed by atoms with Crippen molar-refractivity contribution < 1.29 is 19.4 Å². The van der Waals surface area contributed by atoms with Crippen LogP contribution in [0.15, 0.2) is 30.3 Å². The maximum Gasteiger partial charge on any atom is 0.303 e. The third kappa shape index (κ3) is 4.56. The molecular formula is C16H21NO4. The molecule has 2 N–H and O–H groups in total. The molecule has 0 aliphatic carbocycles. The second-order valence-corrected chi connectivity index (χ2v) is 5.42. The first-order valence-corrected chi connectivity index (χ1v) is 7.29. The van der Waals surface area contributed by atoms with E-state index in [-0.39, 0.29) is 24.5 Å². The van der Waals surface area contributed by atoms with E-state index >= 15 is 0 Å². The summed E-state index contributed by atoms with van der Waals surface area (Å²) >= 11 is 0. The minimum absolute atomic E-state index is 0.0156. The lowest BCUT2D eigenvalue weighted by molar-refractivity contribution is -0.138. The molecule has 5 heteroatoms. The molecule has 0 aromatic heterocycles. The van der Waals surface area contributed by atoms with Crippen molar-refractivity contribution in [3.05, 3.63) is 35.9 Å². The van der Waals surface area contributed by atoms with E-state index in [4.69, 9.17) is 9.84 Å². The largest absolute Gasteiger partial charge is 0.481 e. The summed E-state index contributed by atoms with van der Waals surface area (Å²) in [6.07, 6.45) is 1.66. The molecule has 0 saturated carbocycles. The molecule has 1 fully saturated rings. The van der Waals surface area contributed by atoms with Crippen LogP contribution in [0.2, 0.25) is 0 Å². The summed E-state index contributed by atoms with van der Waals surface area (Å²) in [5.41, 5.74) is 0.915. The molecule has 1 heterocycles. The highest BCUT2D eigenvalue weighted by atomic mass is 16.5. The van der Waals surface area contributed by atoms with E-state index in [1.165, 1.54) is 0 Å². The standard InChI is InChI=1S/C16H21NO4/c1-11-7-9-14(21-11)16(20)17-13(8-10-15(18)19)12-5-3-2-4-6-12/h2-6,11,13-14H,7-10H2,1H3,(H,17,20)(H,18,19)/t11-,13+,14-/m1/s1. The number of hydrogen-bond acceptors (Lipinski definition) is 3. The van der Waals surface area contributed by atoms with E-state index in [1.807, 2.05) is 37.3 Å². The van der Waals surface area contributed by atoms with E-state index in [2.05, 4.69) is 5.32 Å². The Morgan fingerprint density at radius 3 is 2.62 bits per heavy atom. The fourth-order valence-electron chi connectivity index (χ4n) is 2.54. The van der Waals surface area contributed by atoms with E-state index in [1.54, 1.807) is 0 Å². The topological polar surface area (TPSA) is 75.6 Å². The molecule has 2 rings (SSSR count). The lowest BCUT2D eigenvalue weighted by Gasteiger charge is -2.21. The predicted octanol–water partition coefficient (Wildman–Crippen LogP) is 2.28. The van der Waals surface area contributed by atoms with Crippen molar-refractivity contribution in [2.45, 2.75) is 50.9 Å². The number of rotatable bonds is 6. The number of hydrogen-bond donors (Lipinski definition) is 2. The molecule has 1 aromatic rings. The van der Waals surface area contributed by atoms with Crippen molar-refractivity contribution in [1.82, 2.24) is 5.32 Å². The number of benzene rings is 1. The Morgan fingerprint density at radius 1 is 1.33 bits per heavy atom. The molecule has 0 bridgehead atoms. The van der Waals surface area contributed by atoms with Gasteiger partial charge in [0.05, 0.1) is 12.1 Å². The summed E-state index contributed by atoms with van der Waals surface area (Å²) in [4.78, 5) is 23.0. The van der Waals surface area contributed by atoms with Gasteiger partial charge in [0.1, 0.15) is 6.10 Å². The van der Waals surface area contributed by atoms with Crippen LogP contribution in [0.5, 0.6) is 0 Å². The van der Waals surface area contributed by atoms with Crippen LogP contribution in [0.3, 0.4) is 0 Å². The lowest BCUT2D eigenvalue weighted by atomic mass is 10.0. The first kappa shape index (κ1) is 15.5. The van der Waals surface area contributed by atoms with Gasteiger partial charge in [-0.1, -0.05) is 30.3 Å². The van der Waals surface area contributed by atoms with E-state index in [9.17, 15) is 9.59 Å². The lowest BCUT2D eigenvalue weighted by Crippen LogP contribution is -2.37. The van der Waals surface area contributed by atoms with Gasteiger partial charge in [0.2, 0.25) is 5.91 Å². The molecule has 1 aromatic carbocycles. The van der Waals surface area contributed by atoms with Crippen molar-refractivity contribution in [3.8, 4) is 0 Å². The van der Waals surface area contributed by atoms with Crippen LogP contribution >= 0.6 is 0 Å². The first-order chi connectivity index (χ1) is 10.1. The molecular weight excluding hydrogens is 270 g/mol. The molecule has 114 valence electrons. The highest BCUT2D eigenvalue weighted by molar-refractivity contribution is 5.81. The number of carboxylic acid groups (broad SMARTS) is 1. The van der Waals surface area contributed by atoms with Gasteiger partial charge in [0, 0.05) is 6.42 Å². The highest BCUT2D eigenvalue weighted by Crippen LogP contribution is 2.22. The van der Waals surface area contributed by atoms with Crippen molar-refractivity contribution in [3.63, 3.8) is 0 Å². The summed E-state index contributed by atoms with van der Waals surface area (Å²) in [5.74, 6) is -1.02. The average Bonchev–Trinajstić information content (AvgIpc) is 2.90. The smallest absolute Gasteiger partial charge is 0.303 e. The number of aliphatic carboxylic acids is 1. The summed E-state index contributed by atoms with van der Waals surface area (Å²) in [6, 6.07) is 9.14. The monoisotopic (exact) mass is 291 g/mol. The molecule has 1 saturated heterocycles. The fraction of sp³-hybridized carbons (Fsp3) is 0.500. The maximum absolute atomic E-state index is 12.2. The zero-order valence-corrected chi connectivity index (χ0v) is 12.1. The second-order valence-electron chi connectivity index (χ2n) is 5.42. The SMILES string of the molecule is C[C@@H]1CC[C@H](C(=O)N[C@@H](CCC(=O)O)c2ccccc2)O1.